The van der Waals surface area contributed by atoms with Crippen LogP contribution in [-0.4, -0.2) is 89.4 Å². The Bertz CT molecular complexity index is 598. The van der Waals surface area contributed by atoms with Crippen LogP contribution in [0.1, 0.15) is 19.3 Å². The molecule has 0 radical (unpaired) electrons. The van der Waals surface area contributed by atoms with Gasteiger partial charge in [-0.15, -0.1) is 12.4 Å². The van der Waals surface area contributed by atoms with Crippen molar-refractivity contribution in [2.45, 2.75) is 43.4 Å². The molecule has 0 unspecified atom stereocenters. The largest absolute Gasteiger partial charge is 0.368 e. The van der Waals surface area contributed by atoms with Crippen LogP contribution in [0, 0.1) is 11.8 Å². The molecular weight excluding hydrogens is 600 g/mol. The second kappa shape index (κ2) is 26.1. The third-order valence-electron chi connectivity index (χ3n) is 5.13. The highest BCUT2D eigenvalue weighted by atomic mass is 35.5. The summed E-state index contributed by atoms with van der Waals surface area (Å²) in [6, 6.07) is -1.09. The molecule has 0 saturated heterocycles. The van der Waals surface area contributed by atoms with Crippen LogP contribution >= 0.6 is 88.2 Å². The van der Waals surface area contributed by atoms with Crippen molar-refractivity contribution < 1.29 is 14.4 Å². The molecule has 0 rings (SSSR count). The van der Waals surface area contributed by atoms with Crippen molar-refractivity contribution >= 4 is 106 Å². The number of thiol groups is 6. The summed E-state index contributed by atoms with van der Waals surface area (Å²) in [7, 11) is 0. The van der Waals surface area contributed by atoms with E-state index in [-0.39, 0.29) is 47.9 Å². The molecule has 0 aliphatic heterocycles. The van der Waals surface area contributed by atoms with Gasteiger partial charge < -0.3 is 33.6 Å². The molecule has 9 nitrogen and oxygen atoms in total. The Morgan fingerprint density at radius 1 is 0.806 bits per heavy atom. The molecule has 0 aromatic carbocycles. The number of primary amides is 1. The SMILES string of the molecule is Cl.NC(=O)[C@@H](CS)NC(=O)[C@@H](CS)CC(=O)[C@H](N)CS.NC[C@@H](CS)NC[C@@H](CS)CC[C@H](N)CS. The average Bonchev–Trinajstić information content (AvgIpc) is 2.86. The van der Waals surface area contributed by atoms with Crippen molar-refractivity contribution in [2.75, 3.05) is 47.6 Å². The molecule has 0 aromatic rings. The fraction of sp³-hybridized carbons (Fsp3) is 0.850. The third-order valence-corrected chi connectivity index (χ3v) is 7.76. The highest BCUT2D eigenvalue weighted by Gasteiger charge is 2.26. The molecule has 0 saturated carbocycles. The first kappa shape index (κ1) is 41.3. The molecule has 0 bridgehead atoms. The minimum absolute atomic E-state index is 0. The van der Waals surface area contributed by atoms with Crippen LogP contribution in [0.4, 0.5) is 0 Å². The van der Waals surface area contributed by atoms with Crippen LogP contribution in [0.15, 0.2) is 0 Å². The molecule has 16 heteroatoms. The second-order valence-electron chi connectivity index (χ2n) is 8.08. The van der Waals surface area contributed by atoms with E-state index in [1.165, 1.54) is 0 Å². The van der Waals surface area contributed by atoms with E-state index in [2.05, 4.69) is 86.4 Å². The zero-order chi connectivity index (χ0) is 27.4. The minimum Gasteiger partial charge on any atom is -0.368 e. The number of ketones is 1. The molecule has 10 N–H and O–H groups in total. The van der Waals surface area contributed by atoms with Gasteiger partial charge in [-0.3, -0.25) is 14.4 Å². The Morgan fingerprint density at radius 3 is 1.81 bits per heavy atom. The van der Waals surface area contributed by atoms with Crippen molar-refractivity contribution in [2.24, 2.45) is 34.8 Å². The van der Waals surface area contributed by atoms with E-state index in [0.717, 1.165) is 36.6 Å². The second-order valence-corrected chi connectivity index (χ2v) is 10.3. The smallest absolute Gasteiger partial charge is 0.240 e. The molecule has 6 atom stereocenters. The molecular formula is C20H45ClN6O3S6. The molecule has 0 spiro atoms. The van der Waals surface area contributed by atoms with E-state index in [9.17, 15) is 14.4 Å². The lowest BCUT2D eigenvalue weighted by molar-refractivity contribution is -0.131. The Labute approximate surface area is 255 Å². The summed E-state index contributed by atoms with van der Waals surface area (Å²) < 4.78 is 0. The zero-order valence-corrected chi connectivity index (χ0v) is 26.6. The van der Waals surface area contributed by atoms with Crippen molar-refractivity contribution in [3.05, 3.63) is 0 Å². The van der Waals surface area contributed by atoms with E-state index in [1.54, 1.807) is 0 Å². The summed E-state index contributed by atoms with van der Waals surface area (Å²) in [5.74, 6) is 1.31. The molecule has 0 aliphatic carbocycles. The summed E-state index contributed by atoms with van der Waals surface area (Å²) in [5.41, 5.74) is 22.0. The zero-order valence-electron chi connectivity index (χ0n) is 20.4. The predicted octanol–water partition coefficient (Wildman–Crippen LogP) is -0.513. The average molecular weight is 645 g/mol. The van der Waals surface area contributed by atoms with Gasteiger partial charge in [0, 0.05) is 53.8 Å². The van der Waals surface area contributed by atoms with Gasteiger partial charge in [-0.25, -0.2) is 0 Å². The van der Waals surface area contributed by atoms with E-state index in [0.29, 0.717) is 18.5 Å². The standard InChI is InChI=1S/C10H19N3O3S3.C10H25N3S3.ClH/c11-6(3-18)8(14)1-5(2-17)10(16)13-7(4-19)9(12)15;11-3-10(7-16)13-4-8(5-14)1-2-9(12)6-15;/h5-7,17-19H,1-4,11H2,(H2,12,15)(H,13,16);8-10,13-16H,1-7,11-12H2;1H/t5-,6-,7-;8-,9-,10-;/m10./s1. The number of carbonyl (C=O) groups is 3. The lowest BCUT2D eigenvalue weighted by Crippen LogP contribution is -2.48. The number of rotatable bonds is 19. The van der Waals surface area contributed by atoms with Crippen molar-refractivity contribution in [1.82, 2.24) is 10.6 Å². The first-order chi connectivity index (χ1) is 16.5. The normalized spacial score (nSPS) is 15.7. The molecule has 36 heavy (non-hydrogen) atoms. The van der Waals surface area contributed by atoms with Crippen LogP contribution < -0.4 is 33.6 Å². The first-order valence-electron chi connectivity index (χ1n) is 11.3. The van der Waals surface area contributed by atoms with E-state index in [1.807, 2.05) is 0 Å². The number of hydrogen-bond donors (Lipinski definition) is 12. The maximum Gasteiger partial charge on any atom is 0.240 e. The number of nitrogens with one attached hydrogen (secondary N) is 2. The minimum atomic E-state index is -0.869. The summed E-state index contributed by atoms with van der Waals surface area (Å²) >= 11 is 24.6. The highest BCUT2D eigenvalue weighted by molar-refractivity contribution is 7.81. The Balaban J connectivity index is -0.000000597. The van der Waals surface area contributed by atoms with Gasteiger partial charge >= 0.3 is 0 Å². The summed E-state index contributed by atoms with van der Waals surface area (Å²) in [5, 5.41) is 5.83. The van der Waals surface area contributed by atoms with Gasteiger partial charge in [0.25, 0.3) is 0 Å². The number of halogens is 1. The topological polar surface area (TPSA) is 179 Å². The van der Waals surface area contributed by atoms with Crippen LogP contribution in [0.2, 0.25) is 0 Å². The van der Waals surface area contributed by atoms with E-state index in [4.69, 9.17) is 22.9 Å². The third kappa shape index (κ3) is 19.8. The number of carbonyl (C=O) groups excluding carboxylic acids is 3. The lowest BCUT2D eigenvalue weighted by atomic mass is 10.00. The van der Waals surface area contributed by atoms with Gasteiger partial charge in [0.15, 0.2) is 5.78 Å². The summed E-state index contributed by atoms with van der Waals surface area (Å²) in [6.45, 7) is 1.56. The van der Waals surface area contributed by atoms with Gasteiger partial charge in [-0.1, -0.05) is 0 Å². The molecule has 0 fully saturated rings. The molecule has 0 aromatic heterocycles. The van der Waals surface area contributed by atoms with Crippen LogP contribution in [0.25, 0.3) is 0 Å². The van der Waals surface area contributed by atoms with E-state index < -0.39 is 29.8 Å². The number of Topliss-reactive ketones (excluding diaryl/α,β-unsaturated/α-hetero) is 1. The van der Waals surface area contributed by atoms with Crippen molar-refractivity contribution in [3.8, 4) is 0 Å². The quantitative estimate of drug-likeness (QED) is 0.0837. The fourth-order valence-corrected chi connectivity index (χ4v) is 4.13. The Kier molecular flexibility index (Phi) is 29.9. The highest BCUT2D eigenvalue weighted by Crippen LogP contribution is 2.11. The summed E-state index contributed by atoms with van der Waals surface area (Å²) in [6.07, 6.45) is 2.04. The van der Waals surface area contributed by atoms with Crippen LogP contribution in [0.5, 0.6) is 0 Å². The molecule has 216 valence electrons. The van der Waals surface area contributed by atoms with Gasteiger partial charge in [0.05, 0.1) is 12.0 Å². The summed E-state index contributed by atoms with van der Waals surface area (Å²) in [4.78, 5) is 34.5. The van der Waals surface area contributed by atoms with Gasteiger partial charge in [-0.2, -0.15) is 75.8 Å². The maximum absolute atomic E-state index is 11.9. The number of amides is 2. The first-order valence-corrected chi connectivity index (χ1v) is 15.1. The van der Waals surface area contributed by atoms with E-state index >= 15 is 0 Å². The van der Waals surface area contributed by atoms with Crippen molar-refractivity contribution in [1.29, 1.82) is 0 Å². The van der Waals surface area contributed by atoms with Crippen LogP contribution in [-0.2, 0) is 14.4 Å². The number of nitrogens with two attached hydrogens (primary N) is 4. The van der Waals surface area contributed by atoms with Crippen LogP contribution in [0.3, 0.4) is 0 Å². The maximum atomic E-state index is 11.9. The molecule has 0 heterocycles. The van der Waals surface area contributed by atoms with Crippen molar-refractivity contribution in [3.63, 3.8) is 0 Å². The lowest BCUT2D eigenvalue weighted by Gasteiger charge is -2.20. The Morgan fingerprint density at radius 2 is 1.42 bits per heavy atom. The van der Waals surface area contributed by atoms with Gasteiger partial charge in [-0.05, 0) is 31.1 Å². The molecule has 0 aliphatic rings. The predicted molar refractivity (Wildman–Crippen MR) is 174 cm³/mol. The number of hydrogen-bond acceptors (Lipinski definition) is 13. The molecule has 2 amide bonds. The fourth-order valence-electron chi connectivity index (χ4n) is 2.59. The van der Waals surface area contributed by atoms with Gasteiger partial charge in [0.2, 0.25) is 11.8 Å². The Hall–Kier alpha value is 0.840. The monoisotopic (exact) mass is 644 g/mol. The van der Waals surface area contributed by atoms with Gasteiger partial charge in [0.1, 0.15) is 6.04 Å².